The van der Waals surface area contributed by atoms with Gasteiger partial charge in [0.15, 0.2) is 0 Å². The van der Waals surface area contributed by atoms with Crippen molar-refractivity contribution in [1.29, 1.82) is 0 Å². The summed E-state index contributed by atoms with van der Waals surface area (Å²) in [6.45, 7) is 2.76. The van der Waals surface area contributed by atoms with Crippen LogP contribution in [0, 0.1) is 6.92 Å². The van der Waals surface area contributed by atoms with E-state index in [0.29, 0.717) is 18.7 Å². The van der Waals surface area contributed by atoms with Gasteiger partial charge in [-0.15, -0.1) is 11.3 Å². The first kappa shape index (κ1) is 19.4. The summed E-state index contributed by atoms with van der Waals surface area (Å²) in [6, 6.07) is 11.7. The van der Waals surface area contributed by atoms with Crippen LogP contribution in [0.2, 0.25) is 0 Å². The van der Waals surface area contributed by atoms with E-state index in [4.69, 9.17) is 0 Å². The molecule has 7 heteroatoms. The number of amides is 1. The lowest BCUT2D eigenvalue weighted by Gasteiger charge is -2.41. The Morgan fingerprint density at radius 3 is 2.54 bits per heavy atom. The number of benzene rings is 2. The lowest BCUT2D eigenvalue weighted by Crippen LogP contribution is -2.42. The minimum atomic E-state index is -2.51. The molecule has 1 amide bonds. The second kappa shape index (κ2) is 7.50. The predicted octanol–water partition coefficient (Wildman–Crippen LogP) is 4.58. The van der Waals surface area contributed by atoms with Gasteiger partial charge in [0.1, 0.15) is 0 Å². The molecule has 1 fully saturated rings. The zero-order valence-electron chi connectivity index (χ0n) is 15.6. The van der Waals surface area contributed by atoms with E-state index < -0.39 is 10.6 Å². The maximum atomic E-state index is 12.8. The average molecular weight is 418 g/mol. The number of hydrogen-bond donors (Lipinski definition) is 3. The fourth-order valence-corrected chi connectivity index (χ4v) is 5.77. The molecule has 3 aromatic rings. The number of thiophene rings is 1. The predicted molar refractivity (Wildman–Crippen MR) is 116 cm³/mol. The molecule has 1 aliphatic rings. The Morgan fingerprint density at radius 1 is 1.11 bits per heavy atom. The molecule has 3 N–H and O–H groups in total. The Hall–Kier alpha value is -1.90. The van der Waals surface area contributed by atoms with E-state index in [-0.39, 0.29) is 24.0 Å². The molecular formula is C21H23NO4S2. The standard InChI is InChI=1S/C21H23NO4S2/c1-14-10-16(21(24)22-6-8-28(25,26)9-7-22)3-4-17(14)19-13-27-20-5-2-15(12-23)11-18(19)20/h2-5,10-11,13,23,25-26H,6-9,12H2,1H3. The summed E-state index contributed by atoms with van der Waals surface area (Å²) in [5.41, 5.74) is 4.70. The van der Waals surface area contributed by atoms with Crippen LogP contribution in [0.5, 0.6) is 0 Å². The maximum absolute atomic E-state index is 12.8. The number of hydrogen-bond acceptors (Lipinski definition) is 5. The number of aliphatic hydroxyl groups excluding tert-OH is 1. The largest absolute Gasteiger partial charge is 0.392 e. The molecule has 2 aromatic carbocycles. The first-order valence-electron chi connectivity index (χ1n) is 9.13. The molecule has 1 aliphatic heterocycles. The van der Waals surface area contributed by atoms with Crippen LogP contribution in [0.1, 0.15) is 21.5 Å². The van der Waals surface area contributed by atoms with Crippen LogP contribution in [0.4, 0.5) is 0 Å². The van der Waals surface area contributed by atoms with Gasteiger partial charge in [-0.1, -0.05) is 12.1 Å². The zero-order valence-corrected chi connectivity index (χ0v) is 17.2. The molecule has 148 valence electrons. The topological polar surface area (TPSA) is 81.0 Å². The summed E-state index contributed by atoms with van der Waals surface area (Å²) in [7, 11) is -2.51. The summed E-state index contributed by atoms with van der Waals surface area (Å²) < 4.78 is 20.6. The SMILES string of the molecule is Cc1cc(C(=O)N2CCS(O)(O)CC2)ccc1-c1csc2ccc(CO)cc12. The highest BCUT2D eigenvalue weighted by Crippen LogP contribution is 2.41. The Balaban J connectivity index is 1.63. The van der Waals surface area contributed by atoms with E-state index in [0.717, 1.165) is 27.6 Å². The summed E-state index contributed by atoms with van der Waals surface area (Å²) in [5.74, 6) is 0.440. The van der Waals surface area contributed by atoms with Crippen LogP contribution >= 0.6 is 21.9 Å². The molecule has 28 heavy (non-hydrogen) atoms. The molecule has 0 bridgehead atoms. The zero-order chi connectivity index (χ0) is 19.9. The van der Waals surface area contributed by atoms with Gasteiger partial charge in [0, 0.05) is 34.3 Å². The Kier molecular flexibility index (Phi) is 5.20. The van der Waals surface area contributed by atoms with E-state index in [1.165, 1.54) is 4.70 Å². The van der Waals surface area contributed by atoms with Crippen LogP contribution in [-0.2, 0) is 6.61 Å². The highest BCUT2D eigenvalue weighted by atomic mass is 32.3. The fraction of sp³-hybridized carbons (Fsp3) is 0.286. The number of carbonyl (C=O) groups is 1. The molecule has 5 nitrogen and oxygen atoms in total. The van der Waals surface area contributed by atoms with E-state index >= 15 is 0 Å². The molecule has 1 saturated heterocycles. The number of nitrogens with zero attached hydrogens (tertiary/aromatic N) is 1. The monoisotopic (exact) mass is 417 g/mol. The van der Waals surface area contributed by atoms with Gasteiger partial charge in [-0.05, 0) is 53.3 Å². The lowest BCUT2D eigenvalue weighted by atomic mass is 9.97. The van der Waals surface area contributed by atoms with Crippen molar-refractivity contribution in [3.8, 4) is 11.1 Å². The molecule has 0 spiro atoms. The van der Waals surface area contributed by atoms with E-state index in [1.54, 1.807) is 16.2 Å². The summed E-state index contributed by atoms with van der Waals surface area (Å²) >= 11 is 1.67. The Bertz CT molecular complexity index is 1030. The molecule has 0 aliphatic carbocycles. The molecular weight excluding hydrogens is 394 g/mol. The molecule has 4 rings (SSSR count). The molecule has 0 radical (unpaired) electrons. The third-order valence-corrected chi connectivity index (χ3v) is 7.88. The lowest BCUT2D eigenvalue weighted by molar-refractivity contribution is 0.0768. The molecule has 0 unspecified atom stereocenters. The van der Waals surface area contributed by atoms with Crippen molar-refractivity contribution in [2.75, 3.05) is 24.6 Å². The van der Waals surface area contributed by atoms with Crippen LogP contribution in [0.25, 0.3) is 21.2 Å². The van der Waals surface area contributed by atoms with E-state index in [9.17, 15) is 19.0 Å². The van der Waals surface area contributed by atoms with Crippen molar-refractivity contribution in [3.63, 3.8) is 0 Å². The number of aliphatic hydroxyl groups is 1. The first-order valence-corrected chi connectivity index (χ1v) is 11.9. The van der Waals surface area contributed by atoms with Crippen molar-refractivity contribution in [2.24, 2.45) is 0 Å². The van der Waals surface area contributed by atoms with Crippen molar-refractivity contribution >= 4 is 37.9 Å². The second-order valence-corrected chi connectivity index (χ2v) is 10.5. The smallest absolute Gasteiger partial charge is 0.253 e. The van der Waals surface area contributed by atoms with E-state index in [1.807, 2.05) is 43.3 Å². The van der Waals surface area contributed by atoms with Gasteiger partial charge in [-0.25, -0.2) is 0 Å². The average Bonchev–Trinajstić information content (AvgIpc) is 3.10. The van der Waals surface area contributed by atoms with Crippen LogP contribution < -0.4 is 0 Å². The highest BCUT2D eigenvalue weighted by Gasteiger charge is 2.26. The van der Waals surface area contributed by atoms with E-state index in [2.05, 4.69) is 5.38 Å². The third kappa shape index (κ3) is 3.68. The maximum Gasteiger partial charge on any atom is 0.253 e. The van der Waals surface area contributed by atoms with Crippen molar-refractivity contribution in [2.45, 2.75) is 13.5 Å². The molecule has 2 heterocycles. The van der Waals surface area contributed by atoms with Gasteiger partial charge >= 0.3 is 0 Å². The number of aryl methyl sites for hydroxylation is 1. The highest BCUT2D eigenvalue weighted by molar-refractivity contribution is 8.24. The minimum absolute atomic E-state index is 0.0121. The molecule has 1 aromatic heterocycles. The Labute approximate surface area is 169 Å². The van der Waals surface area contributed by atoms with Gasteiger partial charge in [0.25, 0.3) is 5.91 Å². The molecule has 0 saturated carbocycles. The summed E-state index contributed by atoms with van der Waals surface area (Å²) in [4.78, 5) is 14.5. The summed E-state index contributed by atoms with van der Waals surface area (Å²) in [6.07, 6.45) is 0. The third-order valence-electron chi connectivity index (χ3n) is 5.25. The first-order chi connectivity index (χ1) is 13.4. The quantitative estimate of drug-likeness (QED) is 0.583. The van der Waals surface area contributed by atoms with Crippen molar-refractivity contribution < 1.29 is 19.0 Å². The van der Waals surface area contributed by atoms with Gasteiger partial charge in [0.2, 0.25) is 0 Å². The van der Waals surface area contributed by atoms with Crippen LogP contribution in [0.15, 0.2) is 41.8 Å². The molecule has 0 atom stereocenters. The Morgan fingerprint density at radius 2 is 1.86 bits per heavy atom. The second-order valence-electron chi connectivity index (χ2n) is 7.17. The normalized spacial score (nSPS) is 17.6. The van der Waals surface area contributed by atoms with Crippen molar-refractivity contribution in [1.82, 2.24) is 4.90 Å². The van der Waals surface area contributed by atoms with Crippen LogP contribution in [0.3, 0.4) is 0 Å². The van der Waals surface area contributed by atoms with Crippen molar-refractivity contribution in [3.05, 3.63) is 58.5 Å². The van der Waals surface area contributed by atoms with Gasteiger partial charge < -0.3 is 10.0 Å². The van der Waals surface area contributed by atoms with Gasteiger partial charge in [-0.3, -0.25) is 13.9 Å². The number of fused-ring (bicyclic) bond motifs is 1. The fourth-order valence-electron chi connectivity index (χ4n) is 3.59. The minimum Gasteiger partial charge on any atom is -0.392 e. The number of carbonyl (C=O) groups excluding carboxylic acids is 1. The summed E-state index contributed by atoms with van der Waals surface area (Å²) in [5, 5.41) is 12.7. The van der Waals surface area contributed by atoms with Crippen LogP contribution in [-0.4, -0.2) is 49.6 Å². The van der Waals surface area contributed by atoms with Gasteiger partial charge in [0.05, 0.1) is 18.1 Å². The number of rotatable bonds is 3. The van der Waals surface area contributed by atoms with Gasteiger partial charge in [-0.2, -0.15) is 10.6 Å².